The van der Waals surface area contributed by atoms with Crippen LogP contribution in [0.2, 0.25) is 0 Å². The molecule has 0 saturated heterocycles. The highest BCUT2D eigenvalue weighted by atomic mass is 79.9. The zero-order valence-corrected chi connectivity index (χ0v) is 12.7. The molecule has 100 valence electrons. The Morgan fingerprint density at radius 3 is 2.79 bits per heavy atom. The fourth-order valence-electron chi connectivity index (χ4n) is 1.90. The lowest BCUT2D eigenvalue weighted by molar-refractivity contribution is 0.102. The molecule has 0 aliphatic rings. The number of carbonyl (C=O) groups excluding carboxylic acids is 1. The summed E-state index contributed by atoms with van der Waals surface area (Å²) in [4.78, 5) is 12.3. The van der Waals surface area contributed by atoms with Gasteiger partial charge in [-0.15, -0.1) is 0 Å². The molecule has 0 aliphatic carbocycles. The summed E-state index contributed by atoms with van der Waals surface area (Å²) in [5, 5.41) is 6.79. The van der Waals surface area contributed by atoms with Crippen molar-refractivity contribution in [3.8, 4) is 0 Å². The maximum absolute atomic E-state index is 12.3. The van der Waals surface area contributed by atoms with E-state index in [1.54, 1.807) is 6.92 Å². The lowest BCUT2D eigenvalue weighted by atomic mass is 10.1. The lowest BCUT2D eigenvalue weighted by Crippen LogP contribution is -2.15. The van der Waals surface area contributed by atoms with Crippen molar-refractivity contribution in [3.05, 3.63) is 45.3 Å². The Morgan fingerprint density at radius 2 is 2.16 bits per heavy atom. The highest BCUT2D eigenvalue weighted by Gasteiger charge is 2.19. The standard InChI is InChI=1S/C14H15BrN2O2/c1-4-11-13(9(3)19-17-11)14(18)16-12-6-5-10(15)7-8(12)2/h5-7H,4H2,1-3H3,(H,16,18). The minimum absolute atomic E-state index is 0.180. The van der Waals surface area contributed by atoms with E-state index in [1.165, 1.54) is 0 Å². The Balaban J connectivity index is 2.28. The second kappa shape index (κ2) is 5.57. The Kier molecular flexibility index (Phi) is 4.04. The molecule has 0 spiro atoms. The molecule has 0 saturated carbocycles. The smallest absolute Gasteiger partial charge is 0.261 e. The number of hydrogen-bond acceptors (Lipinski definition) is 3. The average Bonchev–Trinajstić information content (AvgIpc) is 2.74. The van der Waals surface area contributed by atoms with Gasteiger partial charge in [0, 0.05) is 10.2 Å². The molecule has 2 aromatic rings. The van der Waals surface area contributed by atoms with Crippen LogP contribution in [0.4, 0.5) is 5.69 Å². The van der Waals surface area contributed by atoms with Crippen molar-refractivity contribution in [1.29, 1.82) is 0 Å². The van der Waals surface area contributed by atoms with Crippen molar-refractivity contribution in [2.24, 2.45) is 0 Å². The van der Waals surface area contributed by atoms with E-state index in [2.05, 4.69) is 26.4 Å². The van der Waals surface area contributed by atoms with Gasteiger partial charge in [0.1, 0.15) is 11.3 Å². The third-order valence-electron chi connectivity index (χ3n) is 2.93. The number of nitrogens with zero attached hydrogens (tertiary/aromatic N) is 1. The molecule has 5 heteroatoms. The molecular weight excluding hydrogens is 308 g/mol. The normalized spacial score (nSPS) is 10.5. The lowest BCUT2D eigenvalue weighted by Gasteiger charge is -2.08. The van der Waals surface area contributed by atoms with Crippen LogP contribution in [0.15, 0.2) is 27.2 Å². The van der Waals surface area contributed by atoms with Crippen molar-refractivity contribution >= 4 is 27.5 Å². The molecule has 0 aliphatic heterocycles. The minimum Gasteiger partial charge on any atom is -0.361 e. The maximum atomic E-state index is 12.3. The van der Waals surface area contributed by atoms with Gasteiger partial charge in [-0.05, 0) is 44.0 Å². The predicted molar refractivity (Wildman–Crippen MR) is 77.5 cm³/mol. The van der Waals surface area contributed by atoms with E-state index in [0.29, 0.717) is 23.4 Å². The van der Waals surface area contributed by atoms with Crippen LogP contribution in [0.5, 0.6) is 0 Å². The summed E-state index contributed by atoms with van der Waals surface area (Å²) in [5.74, 6) is 0.366. The van der Waals surface area contributed by atoms with Crippen molar-refractivity contribution in [1.82, 2.24) is 5.16 Å². The SMILES string of the molecule is CCc1noc(C)c1C(=O)Nc1ccc(Br)cc1C. The monoisotopic (exact) mass is 322 g/mol. The fourth-order valence-corrected chi connectivity index (χ4v) is 2.38. The molecule has 4 nitrogen and oxygen atoms in total. The number of carbonyl (C=O) groups is 1. The molecule has 1 amide bonds. The van der Waals surface area contributed by atoms with Crippen LogP contribution in [0, 0.1) is 13.8 Å². The number of rotatable bonds is 3. The Labute approximate surface area is 120 Å². The zero-order chi connectivity index (χ0) is 14.0. The molecule has 2 rings (SSSR count). The van der Waals surface area contributed by atoms with Crippen molar-refractivity contribution in [2.75, 3.05) is 5.32 Å². The number of halogens is 1. The van der Waals surface area contributed by atoms with E-state index in [0.717, 1.165) is 15.7 Å². The van der Waals surface area contributed by atoms with E-state index < -0.39 is 0 Å². The Morgan fingerprint density at radius 1 is 1.42 bits per heavy atom. The first-order valence-corrected chi connectivity index (χ1v) is 6.85. The van der Waals surface area contributed by atoms with Crippen LogP contribution >= 0.6 is 15.9 Å². The highest BCUT2D eigenvalue weighted by molar-refractivity contribution is 9.10. The summed E-state index contributed by atoms with van der Waals surface area (Å²) in [5.41, 5.74) is 3.00. The molecule has 1 heterocycles. The summed E-state index contributed by atoms with van der Waals surface area (Å²) in [6.45, 7) is 5.63. The van der Waals surface area contributed by atoms with Gasteiger partial charge in [0.2, 0.25) is 0 Å². The molecule has 0 atom stereocenters. The van der Waals surface area contributed by atoms with Gasteiger partial charge >= 0.3 is 0 Å². The van der Waals surface area contributed by atoms with Crippen molar-refractivity contribution < 1.29 is 9.32 Å². The van der Waals surface area contributed by atoms with Gasteiger partial charge in [-0.2, -0.15) is 0 Å². The highest BCUT2D eigenvalue weighted by Crippen LogP contribution is 2.22. The molecule has 1 aromatic carbocycles. The van der Waals surface area contributed by atoms with Crippen molar-refractivity contribution in [2.45, 2.75) is 27.2 Å². The van der Waals surface area contributed by atoms with Gasteiger partial charge in [-0.1, -0.05) is 28.0 Å². The number of anilines is 1. The van der Waals surface area contributed by atoms with Gasteiger partial charge in [0.15, 0.2) is 0 Å². The number of amides is 1. The second-order valence-corrected chi connectivity index (χ2v) is 5.24. The molecule has 0 unspecified atom stereocenters. The quantitative estimate of drug-likeness (QED) is 0.933. The summed E-state index contributed by atoms with van der Waals surface area (Å²) in [6.07, 6.45) is 0.666. The number of aromatic nitrogens is 1. The molecule has 0 bridgehead atoms. The van der Waals surface area contributed by atoms with Gasteiger partial charge in [0.05, 0.1) is 5.69 Å². The largest absolute Gasteiger partial charge is 0.361 e. The zero-order valence-electron chi connectivity index (χ0n) is 11.1. The molecule has 0 radical (unpaired) electrons. The van der Waals surface area contributed by atoms with Crippen LogP contribution in [-0.4, -0.2) is 11.1 Å². The summed E-state index contributed by atoms with van der Waals surface area (Å²) >= 11 is 3.40. The third-order valence-corrected chi connectivity index (χ3v) is 3.43. The van der Waals surface area contributed by atoms with Gasteiger partial charge in [0.25, 0.3) is 5.91 Å². The van der Waals surface area contributed by atoms with Gasteiger partial charge < -0.3 is 9.84 Å². The summed E-state index contributed by atoms with van der Waals surface area (Å²) < 4.78 is 6.06. The van der Waals surface area contributed by atoms with Crippen LogP contribution in [0.25, 0.3) is 0 Å². The maximum Gasteiger partial charge on any atom is 0.261 e. The fraction of sp³-hybridized carbons (Fsp3) is 0.286. The Bertz CT molecular complexity index is 620. The van der Waals surface area contributed by atoms with Gasteiger partial charge in [-0.3, -0.25) is 4.79 Å². The predicted octanol–water partition coefficient (Wildman–Crippen LogP) is 3.87. The molecule has 1 N–H and O–H groups in total. The van der Waals surface area contributed by atoms with E-state index in [9.17, 15) is 4.79 Å². The first kappa shape index (κ1) is 13.8. The third kappa shape index (κ3) is 2.87. The molecule has 19 heavy (non-hydrogen) atoms. The Hall–Kier alpha value is -1.62. The number of hydrogen-bond donors (Lipinski definition) is 1. The first-order valence-electron chi connectivity index (χ1n) is 6.05. The van der Waals surface area contributed by atoms with E-state index in [4.69, 9.17) is 4.52 Å². The number of nitrogens with one attached hydrogen (secondary N) is 1. The van der Waals surface area contributed by atoms with Crippen molar-refractivity contribution in [3.63, 3.8) is 0 Å². The van der Waals surface area contributed by atoms with E-state index in [-0.39, 0.29) is 5.91 Å². The van der Waals surface area contributed by atoms with Crippen LogP contribution < -0.4 is 5.32 Å². The molecular formula is C14H15BrN2O2. The first-order chi connectivity index (χ1) is 9.02. The summed E-state index contributed by atoms with van der Waals surface area (Å²) in [7, 11) is 0. The summed E-state index contributed by atoms with van der Waals surface area (Å²) in [6, 6.07) is 5.71. The number of benzene rings is 1. The average molecular weight is 323 g/mol. The molecule has 0 fully saturated rings. The molecule has 1 aromatic heterocycles. The minimum atomic E-state index is -0.180. The van der Waals surface area contributed by atoms with Crippen LogP contribution in [-0.2, 0) is 6.42 Å². The second-order valence-electron chi connectivity index (χ2n) is 4.33. The number of aryl methyl sites for hydroxylation is 3. The van der Waals surface area contributed by atoms with E-state index in [1.807, 2.05) is 32.0 Å². The topological polar surface area (TPSA) is 55.1 Å². The van der Waals surface area contributed by atoms with Gasteiger partial charge in [-0.25, -0.2) is 0 Å². The van der Waals surface area contributed by atoms with E-state index >= 15 is 0 Å². The van der Waals surface area contributed by atoms with Crippen LogP contribution in [0.3, 0.4) is 0 Å². The van der Waals surface area contributed by atoms with Crippen LogP contribution in [0.1, 0.15) is 34.3 Å².